The Hall–Kier alpha value is -6.01. The second-order valence-electron chi connectivity index (χ2n) is 9.18. The van der Waals surface area contributed by atoms with Crippen molar-refractivity contribution in [3.8, 4) is 17.6 Å². The molecular weight excluding hydrogens is 534 g/mol. The van der Waals surface area contributed by atoms with E-state index >= 15 is 0 Å². The summed E-state index contributed by atoms with van der Waals surface area (Å²) in [7, 11) is 1.40. The number of fused-ring (bicyclic) bond motifs is 1. The van der Waals surface area contributed by atoms with Gasteiger partial charge in [-0.2, -0.15) is 5.26 Å². The molecule has 0 saturated carbocycles. The van der Waals surface area contributed by atoms with Gasteiger partial charge in [0.2, 0.25) is 0 Å². The van der Waals surface area contributed by atoms with Gasteiger partial charge in [-0.05, 0) is 65.7 Å². The first-order valence-corrected chi connectivity index (χ1v) is 12.8. The lowest BCUT2D eigenvalue weighted by Gasteiger charge is -2.14. The van der Waals surface area contributed by atoms with Gasteiger partial charge in [-0.1, -0.05) is 48.5 Å². The van der Waals surface area contributed by atoms with Gasteiger partial charge in [-0.25, -0.2) is 9.69 Å². The average Bonchev–Trinajstić information content (AvgIpc) is 3.29. The number of nitriles is 1. The van der Waals surface area contributed by atoms with Crippen LogP contribution in [0.2, 0.25) is 0 Å². The van der Waals surface area contributed by atoms with Crippen LogP contribution >= 0.6 is 0 Å². The lowest BCUT2D eigenvalue weighted by atomic mass is 10.1. The third-order valence-corrected chi connectivity index (χ3v) is 6.52. The number of imide groups is 1. The molecule has 0 fully saturated rings. The molecule has 4 aromatic rings. The molecule has 1 N–H and O–H groups in total. The van der Waals surface area contributed by atoms with E-state index in [0.717, 1.165) is 10.5 Å². The van der Waals surface area contributed by atoms with Gasteiger partial charge >= 0.3 is 5.97 Å². The highest BCUT2D eigenvalue weighted by Gasteiger charge is 2.36. The summed E-state index contributed by atoms with van der Waals surface area (Å²) in [6.45, 7) is 0.274. The van der Waals surface area contributed by atoms with Crippen molar-refractivity contribution in [2.75, 3.05) is 12.0 Å². The first-order chi connectivity index (χ1) is 20.4. The van der Waals surface area contributed by atoms with Gasteiger partial charge in [-0.15, -0.1) is 0 Å². The first-order valence-electron chi connectivity index (χ1n) is 12.8. The molecule has 9 nitrogen and oxygen atoms in total. The Balaban J connectivity index is 1.27. The lowest BCUT2D eigenvalue weighted by Crippen LogP contribution is -2.29. The number of rotatable bonds is 8. The minimum Gasteiger partial charge on any atom is -0.493 e. The molecule has 9 heteroatoms. The van der Waals surface area contributed by atoms with Crippen LogP contribution in [0.4, 0.5) is 5.69 Å². The Morgan fingerprint density at radius 1 is 0.857 bits per heavy atom. The number of ether oxygens (including phenoxy) is 2. The van der Waals surface area contributed by atoms with Crippen LogP contribution in [0.3, 0.4) is 0 Å². The number of carbonyl (C=O) groups excluding carboxylic acids is 4. The van der Waals surface area contributed by atoms with Gasteiger partial charge in [0.15, 0.2) is 11.5 Å². The van der Waals surface area contributed by atoms with Gasteiger partial charge in [0, 0.05) is 6.54 Å². The summed E-state index contributed by atoms with van der Waals surface area (Å²) < 4.78 is 10.9. The summed E-state index contributed by atoms with van der Waals surface area (Å²) in [5, 5.41) is 12.2. The van der Waals surface area contributed by atoms with Crippen LogP contribution in [-0.2, 0) is 11.3 Å². The van der Waals surface area contributed by atoms with Crippen LogP contribution in [0, 0.1) is 11.3 Å². The maximum absolute atomic E-state index is 12.9. The van der Waals surface area contributed by atoms with E-state index in [2.05, 4.69) is 5.32 Å². The van der Waals surface area contributed by atoms with Gasteiger partial charge in [0.25, 0.3) is 17.7 Å². The molecule has 1 heterocycles. The van der Waals surface area contributed by atoms with Crippen molar-refractivity contribution in [1.29, 1.82) is 5.26 Å². The van der Waals surface area contributed by atoms with E-state index < -0.39 is 23.7 Å². The lowest BCUT2D eigenvalue weighted by molar-refractivity contribution is -0.117. The van der Waals surface area contributed by atoms with Crippen LogP contribution in [0.1, 0.15) is 42.2 Å². The molecule has 1 aliphatic rings. The van der Waals surface area contributed by atoms with Crippen LogP contribution in [0.5, 0.6) is 11.5 Å². The third kappa shape index (κ3) is 5.64. The zero-order valence-corrected chi connectivity index (χ0v) is 22.4. The quantitative estimate of drug-likeness (QED) is 0.107. The number of methoxy groups -OCH3 is 1. The van der Waals surface area contributed by atoms with Crippen molar-refractivity contribution in [2.24, 2.45) is 0 Å². The Labute approximate surface area is 241 Å². The van der Waals surface area contributed by atoms with E-state index in [0.29, 0.717) is 22.4 Å². The molecule has 3 amide bonds. The Morgan fingerprint density at radius 2 is 1.50 bits per heavy atom. The molecule has 4 aromatic carbocycles. The predicted molar refractivity (Wildman–Crippen MR) is 154 cm³/mol. The third-order valence-electron chi connectivity index (χ3n) is 6.52. The summed E-state index contributed by atoms with van der Waals surface area (Å²) in [5.41, 5.74) is 2.45. The molecule has 0 unspecified atom stereocenters. The topological polar surface area (TPSA) is 126 Å². The summed E-state index contributed by atoms with van der Waals surface area (Å²) in [5.74, 6) is -1.75. The maximum Gasteiger partial charge on any atom is 0.343 e. The number of benzene rings is 4. The molecule has 206 valence electrons. The Bertz CT molecular complexity index is 1740. The molecule has 1 aliphatic heterocycles. The van der Waals surface area contributed by atoms with Crippen LogP contribution in [-0.4, -0.2) is 30.8 Å². The van der Waals surface area contributed by atoms with Gasteiger partial charge < -0.3 is 14.8 Å². The summed E-state index contributed by atoms with van der Waals surface area (Å²) in [6, 6.07) is 28.3. The highest BCUT2D eigenvalue weighted by atomic mass is 16.6. The molecule has 0 atom stereocenters. The van der Waals surface area contributed by atoms with E-state index in [1.54, 1.807) is 30.3 Å². The minimum atomic E-state index is -0.691. The fraction of sp³-hybridized carbons (Fsp3) is 0.0606. The SMILES string of the molecule is COc1cc(/C=C(\C#N)C(=O)NCc2ccccc2)ccc1OC(=O)c1ccc(N2C(=O)c3ccccc3C2=O)cc1. The molecule has 0 aromatic heterocycles. The molecule has 0 radical (unpaired) electrons. The Morgan fingerprint density at radius 3 is 2.12 bits per heavy atom. The first kappa shape index (κ1) is 27.6. The summed E-state index contributed by atoms with van der Waals surface area (Å²) >= 11 is 0. The highest BCUT2D eigenvalue weighted by molar-refractivity contribution is 6.34. The van der Waals surface area contributed by atoms with Crippen LogP contribution in [0.25, 0.3) is 6.08 Å². The van der Waals surface area contributed by atoms with Crippen molar-refractivity contribution in [2.45, 2.75) is 6.54 Å². The largest absolute Gasteiger partial charge is 0.493 e. The standard InChI is InChI=1S/C33H23N3O6/c1-41-29-18-22(17-24(19-34)30(37)35-20-21-7-3-2-4-8-21)11-16-28(29)42-33(40)23-12-14-25(15-13-23)36-31(38)26-9-5-6-10-27(26)32(36)39/h2-18H,20H2,1H3,(H,35,37)/b24-17+. The number of hydrogen-bond donors (Lipinski definition) is 1. The number of nitrogens with zero attached hydrogens (tertiary/aromatic N) is 2. The van der Waals surface area contributed by atoms with Crippen molar-refractivity contribution in [1.82, 2.24) is 5.32 Å². The molecule has 0 saturated heterocycles. The van der Waals surface area contributed by atoms with Crippen LogP contribution < -0.4 is 19.7 Å². The van der Waals surface area contributed by atoms with Crippen molar-refractivity contribution < 1.29 is 28.7 Å². The van der Waals surface area contributed by atoms with Crippen LogP contribution in [0.15, 0.2) is 103 Å². The molecular formula is C33H23N3O6. The number of amides is 3. The van der Waals surface area contributed by atoms with Gasteiger partial charge in [-0.3, -0.25) is 14.4 Å². The molecule has 5 rings (SSSR count). The van der Waals surface area contributed by atoms with Crippen molar-refractivity contribution in [3.05, 3.63) is 130 Å². The maximum atomic E-state index is 12.9. The zero-order valence-electron chi connectivity index (χ0n) is 22.4. The molecule has 0 bridgehead atoms. The Kier molecular flexibility index (Phi) is 7.89. The smallest absolute Gasteiger partial charge is 0.343 e. The summed E-state index contributed by atoms with van der Waals surface area (Å²) in [4.78, 5) is 51.9. The van der Waals surface area contributed by atoms with E-state index in [-0.39, 0.29) is 29.2 Å². The minimum absolute atomic E-state index is 0.101. The highest BCUT2D eigenvalue weighted by Crippen LogP contribution is 2.31. The van der Waals surface area contributed by atoms with E-state index in [9.17, 15) is 24.4 Å². The zero-order chi connectivity index (χ0) is 29.6. The molecule has 0 aliphatic carbocycles. The fourth-order valence-electron chi connectivity index (χ4n) is 4.38. The van der Waals surface area contributed by atoms with Crippen molar-refractivity contribution >= 4 is 35.5 Å². The van der Waals surface area contributed by atoms with Gasteiger partial charge in [0.1, 0.15) is 11.6 Å². The van der Waals surface area contributed by atoms with E-state index in [4.69, 9.17) is 9.47 Å². The second-order valence-corrected chi connectivity index (χ2v) is 9.18. The number of nitrogens with one attached hydrogen (secondary N) is 1. The predicted octanol–water partition coefficient (Wildman–Crippen LogP) is 4.94. The normalized spacial score (nSPS) is 12.4. The molecule has 0 spiro atoms. The molecule has 42 heavy (non-hydrogen) atoms. The summed E-state index contributed by atoms with van der Waals surface area (Å²) in [6.07, 6.45) is 1.41. The number of anilines is 1. The average molecular weight is 558 g/mol. The monoisotopic (exact) mass is 557 g/mol. The fourth-order valence-corrected chi connectivity index (χ4v) is 4.38. The number of carbonyl (C=O) groups is 4. The van der Waals surface area contributed by atoms with Crippen molar-refractivity contribution in [3.63, 3.8) is 0 Å². The van der Waals surface area contributed by atoms with E-state index in [1.165, 1.54) is 49.6 Å². The van der Waals surface area contributed by atoms with E-state index in [1.807, 2.05) is 36.4 Å². The van der Waals surface area contributed by atoms with Gasteiger partial charge in [0.05, 0.1) is 29.5 Å². The number of hydrogen-bond acceptors (Lipinski definition) is 7. The second kappa shape index (κ2) is 12.0. The number of esters is 1.